The van der Waals surface area contributed by atoms with Gasteiger partial charge in [-0.05, 0) is 39.8 Å². The molecule has 0 amide bonds. The summed E-state index contributed by atoms with van der Waals surface area (Å²) in [4.78, 5) is 22.3. The van der Waals surface area contributed by atoms with Crippen LogP contribution in [0.5, 0.6) is 0 Å². The summed E-state index contributed by atoms with van der Waals surface area (Å²) in [7, 11) is 0. The molecule has 1 unspecified atom stereocenters. The van der Waals surface area contributed by atoms with Gasteiger partial charge in [0.05, 0.1) is 0 Å². The van der Waals surface area contributed by atoms with Gasteiger partial charge in [-0.3, -0.25) is 4.79 Å². The van der Waals surface area contributed by atoms with E-state index in [0.29, 0.717) is 0 Å². The van der Waals surface area contributed by atoms with Crippen molar-refractivity contribution in [2.75, 3.05) is 0 Å². The van der Waals surface area contributed by atoms with Gasteiger partial charge in [0, 0.05) is 0 Å². The smallest absolute Gasteiger partial charge is 0.428 e. The molecule has 0 saturated heterocycles. The Morgan fingerprint density at radius 3 is 2.56 bits per heavy atom. The molecule has 0 aromatic heterocycles. The van der Waals surface area contributed by atoms with Crippen LogP contribution in [0.3, 0.4) is 0 Å². The van der Waals surface area contributed by atoms with Gasteiger partial charge >= 0.3 is 6.16 Å². The molecule has 1 aliphatic heterocycles. The second-order valence-corrected chi connectivity index (χ2v) is 4.49. The van der Waals surface area contributed by atoms with Crippen LogP contribution < -0.4 is 0 Å². The molecule has 5 heteroatoms. The normalized spacial score (nSPS) is 25.4. The third kappa shape index (κ3) is 4.02. The molecular formula is C11H16O5. The van der Waals surface area contributed by atoms with Crippen LogP contribution in [-0.4, -0.2) is 29.9 Å². The van der Waals surface area contributed by atoms with Crippen molar-refractivity contribution in [3.05, 3.63) is 12.2 Å². The average molecular weight is 228 g/mol. The number of carbonyl (C=O) groups is 2. The highest BCUT2D eigenvalue weighted by atomic mass is 16.8. The van der Waals surface area contributed by atoms with Gasteiger partial charge in [0.1, 0.15) is 11.7 Å². The first-order valence-electron chi connectivity index (χ1n) is 5.05. The van der Waals surface area contributed by atoms with Crippen LogP contribution in [-0.2, 0) is 19.0 Å². The molecule has 2 atom stereocenters. The van der Waals surface area contributed by atoms with Crippen molar-refractivity contribution in [1.29, 1.82) is 0 Å². The Balaban J connectivity index is 2.47. The first-order chi connectivity index (χ1) is 7.28. The predicted molar refractivity (Wildman–Crippen MR) is 55.8 cm³/mol. The zero-order valence-electron chi connectivity index (χ0n) is 9.85. The maximum Gasteiger partial charge on any atom is 0.511 e. The first kappa shape index (κ1) is 12.7. The molecule has 0 fully saturated rings. The van der Waals surface area contributed by atoms with Crippen molar-refractivity contribution >= 4 is 11.9 Å². The number of carbonyl (C=O) groups excluding carboxylic acids is 2. The number of ether oxygens (including phenoxy) is 3. The summed E-state index contributed by atoms with van der Waals surface area (Å²) < 4.78 is 14.9. The summed E-state index contributed by atoms with van der Waals surface area (Å²) in [6.07, 6.45) is 0.443. The molecule has 0 radical (unpaired) electrons. The van der Waals surface area contributed by atoms with Gasteiger partial charge in [-0.1, -0.05) is 0 Å². The number of rotatable bonds is 1. The molecule has 0 aliphatic carbocycles. The van der Waals surface area contributed by atoms with Crippen molar-refractivity contribution in [1.82, 2.24) is 0 Å². The van der Waals surface area contributed by atoms with E-state index >= 15 is 0 Å². The van der Waals surface area contributed by atoms with Gasteiger partial charge in [0.25, 0.3) is 0 Å². The molecule has 0 spiro atoms. The predicted octanol–water partition coefficient (Wildman–Crippen LogP) is 1.81. The van der Waals surface area contributed by atoms with E-state index in [2.05, 4.69) is 0 Å². The van der Waals surface area contributed by atoms with E-state index in [1.165, 1.54) is 12.2 Å². The highest BCUT2D eigenvalue weighted by molar-refractivity contribution is 5.93. The molecule has 1 rings (SSSR count). The van der Waals surface area contributed by atoms with Gasteiger partial charge in [-0.2, -0.15) is 0 Å². The number of ketones is 1. The van der Waals surface area contributed by atoms with Crippen LogP contribution in [0.1, 0.15) is 27.7 Å². The summed E-state index contributed by atoms with van der Waals surface area (Å²) in [5.41, 5.74) is -0.614. The van der Waals surface area contributed by atoms with Gasteiger partial charge in [0.15, 0.2) is 5.78 Å². The highest BCUT2D eigenvalue weighted by Crippen LogP contribution is 2.14. The summed E-state index contributed by atoms with van der Waals surface area (Å²) in [6.45, 7) is 6.80. The summed E-state index contributed by atoms with van der Waals surface area (Å²) in [5.74, 6) is -0.149. The van der Waals surface area contributed by atoms with E-state index < -0.39 is 24.2 Å². The molecule has 1 heterocycles. The second-order valence-electron chi connectivity index (χ2n) is 4.49. The van der Waals surface area contributed by atoms with E-state index in [-0.39, 0.29) is 5.78 Å². The van der Waals surface area contributed by atoms with E-state index in [0.717, 1.165) is 0 Å². The first-order valence-corrected chi connectivity index (χ1v) is 5.05. The lowest BCUT2D eigenvalue weighted by Crippen LogP contribution is -2.34. The third-order valence-corrected chi connectivity index (χ3v) is 1.76. The van der Waals surface area contributed by atoms with Crippen LogP contribution in [0.15, 0.2) is 12.2 Å². The Hall–Kier alpha value is -1.36. The fraction of sp³-hybridized carbons (Fsp3) is 0.636. The molecule has 1 aliphatic rings. The molecular weight excluding hydrogens is 212 g/mol. The van der Waals surface area contributed by atoms with Crippen molar-refractivity contribution in [3.63, 3.8) is 0 Å². The topological polar surface area (TPSA) is 61.8 Å². The maximum atomic E-state index is 11.3. The Morgan fingerprint density at radius 1 is 1.44 bits per heavy atom. The quantitative estimate of drug-likeness (QED) is 0.640. The van der Waals surface area contributed by atoms with Crippen molar-refractivity contribution in [2.24, 2.45) is 0 Å². The van der Waals surface area contributed by atoms with E-state index in [4.69, 9.17) is 14.2 Å². The summed E-state index contributed by atoms with van der Waals surface area (Å²) in [5, 5.41) is 0. The SMILES string of the molecule is C[C@@H]1OC(OC(=O)OC(C)(C)C)C=CC1=O. The van der Waals surface area contributed by atoms with Gasteiger partial charge in [-0.25, -0.2) is 4.79 Å². The molecule has 0 aromatic carbocycles. The van der Waals surface area contributed by atoms with Gasteiger partial charge in [0.2, 0.25) is 6.29 Å². The third-order valence-electron chi connectivity index (χ3n) is 1.76. The Labute approximate surface area is 94.4 Å². The summed E-state index contributed by atoms with van der Waals surface area (Å²) >= 11 is 0. The Morgan fingerprint density at radius 2 is 2.06 bits per heavy atom. The van der Waals surface area contributed by atoms with Gasteiger partial charge < -0.3 is 14.2 Å². The van der Waals surface area contributed by atoms with Crippen LogP contribution >= 0.6 is 0 Å². The van der Waals surface area contributed by atoms with Crippen LogP contribution in [0.25, 0.3) is 0 Å². The largest absolute Gasteiger partial charge is 0.511 e. The summed E-state index contributed by atoms with van der Waals surface area (Å²) in [6, 6.07) is 0. The molecule has 0 bridgehead atoms. The number of hydrogen-bond acceptors (Lipinski definition) is 5. The van der Waals surface area contributed by atoms with Crippen molar-refractivity contribution < 1.29 is 23.8 Å². The number of hydrogen-bond donors (Lipinski definition) is 0. The lowest BCUT2D eigenvalue weighted by molar-refractivity contribution is -0.154. The molecule has 16 heavy (non-hydrogen) atoms. The van der Waals surface area contributed by atoms with E-state index in [1.54, 1.807) is 27.7 Å². The lowest BCUT2D eigenvalue weighted by atomic mass is 10.2. The van der Waals surface area contributed by atoms with E-state index in [1.807, 2.05) is 0 Å². The fourth-order valence-corrected chi connectivity index (χ4v) is 1.06. The maximum absolute atomic E-state index is 11.3. The Kier molecular flexibility index (Phi) is 3.70. The standard InChI is InChI=1S/C11H16O5/c1-7-8(12)5-6-9(14-7)15-10(13)16-11(2,3)4/h5-7,9H,1-4H3/t7-,9?/m0/s1. The molecule has 90 valence electrons. The zero-order valence-corrected chi connectivity index (χ0v) is 9.85. The van der Waals surface area contributed by atoms with E-state index in [9.17, 15) is 9.59 Å². The minimum absolute atomic E-state index is 0.149. The second kappa shape index (κ2) is 4.65. The zero-order chi connectivity index (χ0) is 12.3. The van der Waals surface area contributed by atoms with Crippen LogP contribution in [0.2, 0.25) is 0 Å². The average Bonchev–Trinajstić information content (AvgIpc) is 2.08. The lowest BCUT2D eigenvalue weighted by Gasteiger charge is -2.24. The van der Waals surface area contributed by atoms with Crippen LogP contribution in [0.4, 0.5) is 4.79 Å². The molecule has 0 saturated carbocycles. The minimum Gasteiger partial charge on any atom is -0.428 e. The molecule has 5 nitrogen and oxygen atoms in total. The molecule has 0 N–H and O–H groups in total. The van der Waals surface area contributed by atoms with Crippen molar-refractivity contribution in [3.8, 4) is 0 Å². The van der Waals surface area contributed by atoms with Crippen LogP contribution in [0, 0.1) is 0 Å². The van der Waals surface area contributed by atoms with Gasteiger partial charge in [-0.15, -0.1) is 0 Å². The fourth-order valence-electron chi connectivity index (χ4n) is 1.06. The highest BCUT2D eigenvalue weighted by Gasteiger charge is 2.26. The van der Waals surface area contributed by atoms with Crippen molar-refractivity contribution in [2.45, 2.75) is 45.7 Å². The monoisotopic (exact) mass is 228 g/mol. The Bertz CT molecular complexity index is 313. The molecule has 0 aromatic rings. The minimum atomic E-state index is -0.859.